The highest BCUT2D eigenvalue weighted by molar-refractivity contribution is 7.89. The summed E-state index contributed by atoms with van der Waals surface area (Å²) in [5.41, 5.74) is 2.27. The first-order valence-corrected chi connectivity index (χ1v) is 12.2. The number of hydrogen-bond donors (Lipinski definition) is 1. The second-order valence-electron chi connectivity index (χ2n) is 9.22. The van der Waals surface area contributed by atoms with Gasteiger partial charge >= 0.3 is 0 Å². The molecule has 1 heterocycles. The highest BCUT2D eigenvalue weighted by Gasteiger charge is 2.54. The van der Waals surface area contributed by atoms with E-state index < -0.39 is 10.0 Å². The summed E-state index contributed by atoms with van der Waals surface area (Å²) in [7, 11) is -3.58. The molecule has 0 aromatic heterocycles. The number of aryl methyl sites for hydroxylation is 2. The van der Waals surface area contributed by atoms with E-state index in [9.17, 15) is 13.2 Å². The number of nitrogens with one attached hydrogen (secondary N) is 1. The zero-order valence-electron chi connectivity index (χ0n) is 17.0. The standard InChI is InChI=1S/C22H32N2O3S/c1-16(2)23-21(25)20-14-24(15-22(20)11-5-6-12-22)28(26,27)19-10-9-17-7-3-4-8-18(17)13-19/h9-10,13,16,20H,3-8,11-12,14-15H2,1-2H3,(H,23,25). The van der Waals surface area contributed by atoms with E-state index in [4.69, 9.17) is 0 Å². The van der Waals surface area contributed by atoms with Gasteiger partial charge in [0.15, 0.2) is 0 Å². The van der Waals surface area contributed by atoms with Crippen LogP contribution in [0.4, 0.5) is 0 Å². The molecule has 1 amide bonds. The molecule has 1 atom stereocenters. The van der Waals surface area contributed by atoms with Crippen molar-refractivity contribution in [1.82, 2.24) is 9.62 Å². The predicted molar refractivity (Wildman–Crippen MR) is 110 cm³/mol. The summed E-state index contributed by atoms with van der Waals surface area (Å²) in [6.07, 6.45) is 8.36. The molecular formula is C22H32N2O3S. The van der Waals surface area contributed by atoms with Crippen molar-refractivity contribution in [1.29, 1.82) is 0 Å². The lowest BCUT2D eigenvalue weighted by atomic mass is 9.76. The Hall–Kier alpha value is -1.40. The Bertz CT molecular complexity index is 857. The number of amides is 1. The van der Waals surface area contributed by atoms with Gasteiger partial charge in [-0.3, -0.25) is 4.79 Å². The average Bonchev–Trinajstić information content (AvgIpc) is 3.29. The zero-order valence-corrected chi connectivity index (χ0v) is 17.9. The Balaban J connectivity index is 1.62. The number of carbonyl (C=O) groups is 1. The maximum atomic E-state index is 13.4. The van der Waals surface area contributed by atoms with Crippen LogP contribution in [0.3, 0.4) is 0 Å². The van der Waals surface area contributed by atoms with Gasteiger partial charge in [-0.2, -0.15) is 4.31 Å². The molecule has 2 aliphatic carbocycles. The maximum Gasteiger partial charge on any atom is 0.243 e. The van der Waals surface area contributed by atoms with Gasteiger partial charge in [0.25, 0.3) is 0 Å². The molecule has 6 heteroatoms. The van der Waals surface area contributed by atoms with Crippen LogP contribution in [-0.2, 0) is 27.7 Å². The van der Waals surface area contributed by atoms with Crippen molar-refractivity contribution in [2.24, 2.45) is 11.3 Å². The summed E-state index contributed by atoms with van der Waals surface area (Å²) in [4.78, 5) is 13.3. The molecule has 1 N–H and O–H groups in total. The van der Waals surface area contributed by atoms with Crippen molar-refractivity contribution in [2.45, 2.75) is 76.2 Å². The minimum atomic E-state index is -3.58. The highest BCUT2D eigenvalue weighted by atomic mass is 32.2. The average molecular weight is 405 g/mol. The molecule has 1 aliphatic heterocycles. The fourth-order valence-corrected chi connectivity index (χ4v) is 7.06. The topological polar surface area (TPSA) is 66.5 Å². The van der Waals surface area contributed by atoms with E-state index in [2.05, 4.69) is 5.32 Å². The van der Waals surface area contributed by atoms with E-state index in [1.165, 1.54) is 17.5 Å². The summed E-state index contributed by atoms with van der Waals surface area (Å²) in [6, 6.07) is 5.71. The number of nitrogens with zero attached hydrogens (tertiary/aromatic N) is 1. The number of benzene rings is 1. The smallest absolute Gasteiger partial charge is 0.243 e. The fraction of sp³-hybridized carbons (Fsp3) is 0.682. The Kier molecular flexibility index (Phi) is 5.29. The van der Waals surface area contributed by atoms with Crippen molar-refractivity contribution < 1.29 is 13.2 Å². The molecule has 1 unspecified atom stereocenters. The predicted octanol–water partition coefficient (Wildman–Crippen LogP) is 3.27. The fourth-order valence-electron chi connectivity index (χ4n) is 5.46. The number of carbonyl (C=O) groups excluding carboxylic acids is 1. The van der Waals surface area contributed by atoms with Crippen molar-refractivity contribution in [3.63, 3.8) is 0 Å². The lowest BCUT2D eigenvalue weighted by Gasteiger charge is -2.29. The van der Waals surface area contributed by atoms with Crippen LogP contribution < -0.4 is 5.32 Å². The van der Waals surface area contributed by atoms with Crippen LogP contribution in [-0.4, -0.2) is 37.8 Å². The number of fused-ring (bicyclic) bond motifs is 1. The summed E-state index contributed by atoms with van der Waals surface area (Å²) in [5.74, 6) is -0.232. The Labute approximate surface area is 168 Å². The van der Waals surface area contributed by atoms with Crippen LogP contribution in [0.15, 0.2) is 23.1 Å². The van der Waals surface area contributed by atoms with Gasteiger partial charge in [0, 0.05) is 19.1 Å². The van der Waals surface area contributed by atoms with Crippen molar-refractivity contribution in [3.8, 4) is 0 Å². The lowest BCUT2D eigenvalue weighted by Crippen LogP contribution is -2.42. The van der Waals surface area contributed by atoms with E-state index in [0.717, 1.165) is 44.9 Å². The second kappa shape index (κ2) is 7.45. The lowest BCUT2D eigenvalue weighted by molar-refractivity contribution is -0.128. The Morgan fingerprint density at radius 2 is 1.79 bits per heavy atom. The van der Waals surface area contributed by atoms with Gasteiger partial charge in [-0.25, -0.2) is 8.42 Å². The molecule has 28 heavy (non-hydrogen) atoms. The normalized spacial score (nSPS) is 24.6. The molecule has 2 fully saturated rings. The second-order valence-corrected chi connectivity index (χ2v) is 11.2. The molecule has 1 spiro atoms. The minimum absolute atomic E-state index is 0.0139. The van der Waals surface area contributed by atoms with Gasteiger partial charge in [-0.15, -0.1) is 0 Å². The van der Waals surface area contributed by atoms with Crippen molar-refractivity contribution in [3.05, 3.63) is 29.3 Å². The Morgan fingerprint density at radius 3 is 2.46 bits per heavy atom. The molecule has 0 bridgehead atoms. The van der Waals surface area contributed by atoms with Crippen LogP contribution in [0.1, 0.15) is 63.5 Å². The summed E-state index contributed by atoms with van der Waals surface area (Å²) in [6.45, 7) is 4.69. The van der Waals surface area contributed by atoms with E-state index in [0.29, 0.717) is 18.0 Å². The van der Waals surface area contributed by atoms with Crippen LogP contribution in [0.5, 0.6) is 0 Å². The molecule has 1 aromatic carbocycles. The molecular weight excluding hydrogens is 372 g/mol. The zero-order chi connectivity index (χ0) is 19.9. The van der Waals surface area contributed by atoms with Crippen LogP contribution >= 0.6 is 0 Å². The number of sulfonamides is 1. The van der Waals surface area contributed by atoms with Gasteiger partial charge in [0.1, 0.15) is 0 Å². The van der Waals surface area contributed by atoms with Gasteiger partial charge in [-0.1, -0.05) is 18.9 Å². The van der Waals surface area contributed by atoms with Crippen molar-refractivity contribution in [2.75, 3.05) is 13.1 Å². The van der Waals surface area contributed by atoms with E-state index in [1.807, 2.05) is 26.0 Å². The molecule has 1 saturated heterocycles. The van der Waals surface area contributed by atoms with Gasteiger partial charge < -0.3 is 5.32 Å². The van der Waals surface area contributed by atoms with E-state index >= 15 is 0 Å². The van der Waals surface area contributed by atoms with E-state index in [1.54, 1.807) is 10.4 Å². The van der Waals surface area contributed by atoms with Gasteiger partial charge in [-0.05, 0) is 81.0 Å². The first-order chi connectivity index (χ1) is 13.3. The van der Waals surface area contributed by atoms with Crippen molar-refractivity contribution >= 4 is 15.9 Å². The van der Waals surface area contributed by atoms with Gasteiger partial charge in [0.2, 0.25) is 15.9 Å². The molecule has 1 aromatic rings. The third-order valence-corrected chi connectivity index (χ3v) is 8.73. The van der Waals surface area contributed by atoms with Gasteiger partial charge in [0.05, 0.1) is 10.8 Å². The number of hydrogen-bond acceptors (Lipinski definition) is 3. The molecule has 154 valence electrons. The van der Waals surface area contributed by atoms with Crippen LogP contribution in [0.25, 0.3) is 0 Å². The quantitative estimate of drug-likeness (QED) is 0.838. The minimum Gasteiger partial charge on any atom is -0.354 e. The summed E-state index contributed by atoms with van der Waals surface area (Å²) >= 11 is 0. The largest absolute Gasteiger partial charge is 0.354 e. The molecule has 4 rings (SSSR count). The first kappa shape index (κ1) is 19.9. The third-order valence-electron chi connectivity index (χ3n) is 6.92. The SMILES string of the molecule is CC(C)NC(=O)C1CN(S(=O)(=O)c2ccc3c(c2)CCCC3)CC12CCCC2. The third kappa shape index (κ3) is 3.50. The summed E-state index contributed by atoms with van der Waals surface area (Å²) in [5, 5.41) is 3.03. The monoisotopic (exact) mass is 404 g/mol. The Morgan fingerprint density at radius 1 is 1.11 bits per heavy atom. The number of rotatable bonds is 4. The van der Waals surface area contributed by atoms with Crippen LogP contribution in [0, 0.1) is 11.3 Å². The van der Waals surface area contributed by atoms with Crippen LogP contribution in [0.2, 0.25) is 0 Å². The molecule has 3 aliphatic rings. The molecule has 5 nitrogen and oxygen atoms in total. The molecule has 1 saturated carbocycles. The summed E-state index contributed by atoms with van der Waals surface area (Å²) < 4.78 is 28.5. The maximum absolute atomic E-state index is 13.4. The highest BCUT2D eigenvalue weighted by Crippen LogP contribution is 2.50. The van der Waals surface area contributed by atoms with E-state index in [-0.39, 0.29) is 23.3 Å². The molecule has 0 radical (unpaired) electrons. The first-order valence-electron chi connectivity index (χ1n) is 10.7.